The van der Waals surface area contributed by atoms with Crippen molar-refractivity contribution in [2.75, 3.05) is 4.90 Å². The molecule has 0 aliphatic rings. The number of carbonyl (C=O) groups excluding carboxylic acids is 1. The Hall–Kier alpha value is -2.57. The molecule has 0 aliphatic heterocycles. The number of fused-ring (bicyclic) bond motifs is 1. The number of aromatic nitrogens is 2. The summed E-state index contributed by atoms with van der Waals surface area (Å²) in [4.78, 5) is 23.9. The molecule has 134 valence electrons. The number of pyridine rings is 1. The van der Waals surface area contributed by atoms with E-state index in [9.17, 15) is 4.79 Å². The third-order valence-corrected chi connectivity index (χ3v) is 5.68. The Balaban J connectivity index is 1.77. The SMILES string of the molecule is Cc1ccc2nc(N(Cc3cccnc3)C(=O)c3cccc(Br)c3)sc2c1. The predicted octanol–water partition coefficient (Wildman–Crippen LogP) is 5.61. The highest BCUT2D eigenvalue weighted by atomic mass is 79.9. The van der Waals surface area contributed by atoms with Crippen molar-refractivity contribution in [2.24, 2.45) is 0 Å². The molecule has 4 aromatic rings. The maximum Gasteiger partial charge on any atom is 0.260 e. The summed E-state index contributed by atoms with van der Waals surface area (Å²) in [6.45, 7) is 2.47. The summed E-state index contributed by atoms with van der Waals surface area (Å²) in [6.07, 6.45) is 3.50. The Morgan fingerprint density at radius 1 is 1.15 bits per heavy atom. The molecular weight excluding hydrogens is 422 g/mol. The van der Waals surface area contributed by atoms with E-state index in [2.05, 4.69) is 33.9 Å². The molecule has 0 N–H and O–H groups in total. The van der Waals surface area contributed by atoms with Crippen LogP contribution in [0.2, 0.25) is 0 Å². The smallest absolute Gasteiger partial charge is 0.260 e. The molecule has 0 atom stereocenters. The summed E-state index contributed by atoms with van der Waals surface area (Å²) in [5.74, 6) is -0.0871. The molecule has 4 rings (SSSR count). The summed E-state index contributed by atoms with van der Waals surface area (Å²) < 4.78 is 1.94. The molecule has 0 radical (unpaired) electrons. The fraction of sp³-hybridized carbons (Fsp3) is 0.0952. The molecule has 0 saturated carbocycles. The van der Waals surface area contributed by atoms with Crippen LogP contribution in [0.25, 0.3) is 10.2 Å². The first-order chi connectivity index (χ1) is 13.1. The van der Waals surface area contributed by atoms with Crippen molar-refractivity contribution in [3.05, 3.63) is 88.2 Å². The Bertz CT molecular complexity index is 1110. The average Bonchev–Trinajstić information content (AvgIpc) is 3.09. The Labute approximate surface area is 169 Å². The lowest BCUT2D eigenvalue weighted by atomic mass is 10.2. The highest BCUT2D eigenvalue weighted by molar-refractivity contribution is 9.10. The normalized spacial score (nSPS) is 10.9. The number of hydrogen-bond acceptors (Lipinski definition) is 4. The molecule has 27 heavy (non-hydrogen) atoms. The zero-order chi connectivity index (χ0) is 18.8. The van der Waals surface area contributed by atoms with Gasteiger partial charge >= 0.3 is 0 Å². The van der Waals surface area contributed by atoms with Gasteiger partial charge in [-0.15, -0.1) is 0 Å². The number of halogens is 1. The molecule has 0 fully saturated rings. The Morgan fingerprint density at radius 3 is 2.81 bits per heavy atom. The van der Waals surface area contributed by atoms with Gasteiger partial charge in [-0.25, -0.2) is 4.98 Å². The third kappa shape index (κ3) is 3.91. The van der Waals surface area contributed by atoms with Crippen LogP contribution < -0.4 is 4.90 Å². The van der Waals surface area contributed by atoms with Crippen LogP contribution in [0, 0.1) is 6.92 Å². The quantitative estimate of drug-likeness (QED) is 0.416. The summed E-state index contributed by atoms with van der Waals surface area (Å²) >= 11 is 4.97. The zero-order valence-electron chi connectivity index (χ0n) is 14.6. The molecular formula is C21H16BrN3OS. The second-order valence-electron chi connectivity index (χ2n) is 6.23. The molecule has 2 aromatic heterocycles. The van der Waals surface area contributed by atoms with Crippen molar-refractivity contribution >= 4 is 48.5 Å². The van der Waals surface area contributed by atoms with Crippen molar-refractivity contribution < 1.29 is 4.79 Å². The Kier molecular flexibility index (Phi) is 5.01. The van der Waals surface area contributed by atoms with Crippen LogP contribution in [-0.2, 0) is 6.54 Å². The van der Waals surface area contributed by atoms with Gasteiger partial charge in [0.1, 0.15) is 0 Å². The summed E-state index contributed by atoms with van der Waals surface area (Å²) in [7, 11) is 0. The topological polar surface area (TPSA) is 46.1 Å². The lowest BCUT2D eigenvalue weighted by Gasteiger charge is -2.20. The molecule has 0 spiro atoms. The summed E-state index contributed by atoms with van der Waals surface area (Å²) in [5.41, 5.74) is 3.65. The van der Waals surface area contributed by atoms with E-state index >= 15 is 0 Å². The van der Waals surface area contributed by atoms with E-state index in [-0.39, 0.29) is 5.91 Å². The number of anilines is 1. The van der Waals surface area contributed by atoms with Gasteiger partial charge in [0.2, 0.25) is 0 Å². The van der Waals surface area contributed by atoms with Crippen LogP contribution in [-0.4, -0.2) is 15.9 Å². The highest BCUT2D eigenvalue weighted by Gasteiger charge is 2.22. The van der Waals surface area contributed by atoms with Crippen molar-refractivity contribution in [1.82, 2.24) is 9.97 Å². The van der Waals surface area contributed by atoms with Crippen molar-refractivity contribution in [1.29, 1.82) is 0 Å². The van der Waals surface area contributed by atoms with Gasteiger partial charge in [0, 0.05) is 22.4 Å². The predicted molar refractivity (Wildman–Crippen MR) is 113 cm³/mol. The van der Waals surface area contributed by atoms with Crippen LogP contribution in [0.4, 0.5) is 5.13 Å². The maximum atomic E-state index is 13.3. The molecule has 2 aromatic carbocycles. The van der Waals surface area contributed by atoms with Crippen molar-refractivity contribution in [2.45, 2.75) is 13.5 Å². The van der Waals surface area contributed by atoms with Crippen LogP contribution >= 0.6 is 27.3 Å². The van der Waals surface area contributed by atoms with E-state index < -0.39 is 0 Å². The first-order valence-corrected chi connectivity index (χ1v) is 10.0. The van der Waals surface area contributed by atoms with Gasteiger partial charge in [-0.05, 0) is 54.4 Å². The number of carbonyl (C=O) groups is 1. The minimum absolute atomic E-state index is 0.0871. The standard InChI is InChI=1S/C21H16BrN3OS/c1-14-7-8-18-19(10-14)27-21(24-18)25(13-15-4-3-9-23-12-15)20(26)16-5-2-6-17(22)11-16/h2-12H,13H2,1H3. The van der Waals surface area contributed by atoms with Crippen molar-refractivity contribution in [3.63, 3.8) is 0 Å². The van der Waals surface area contributed by atoms with E-state index in [0.717, 1.165) is 20.3 Å². The fourth-order valence-corrected chi connectivity index (χ4v) is 4.27. The van der Waals surface area contributed by atoms with E-state index in [4.69, 9.17) is 4.98 Å². The fourth-order valence-electron chi connectivity index (χ4n) is 2.81. The van der Waals surface area contributed by atoms with Gasteiger partial charge in [-0.3, -0.25) is 14.7 Å². The van der Waals surface area contributed by atoms with Gasteiger partial charge in [-0.2, -0.15) is 0 Å². The third-order valence-electron chi connectivity index (χ3n) is 4.14. The molecule has 0 bridgehead atoms. The van der Waals surface area contributed by atoms with E-state index in [1.54, 1.807) is 17.3 Å². The van der Waals surface area contributed by atoms with Gasteiger partial charge in [0.15, 0.2) is 5.13 Å². The molecule has 4 nitrogen and oxygen atoms in total. The number of rotatable bonds is 4. The molecule has 0 unspecified atom stereocenters. The molecule has 1 amide bonds. The molecule has 2 heterocycles. The molecule has 0 aliphatic carbocycles. The number of benzene rings is 2. The van der Waals surface area contributed by atoms with Crippen LogP contribution in [0.3, 0.4) is 0 Å². The second kappa shape index (κ2) is 7.58. The number of thiazole rings is 1. The first kappa shape index (κ1) is 17.8. The second-order valence-corrected chi connectivity index (χ2v) is 8.16. The summed E-state index contributed by atoms with van der Waals surface area (Å²) in [5, 5.41) is 0.685. The van der Waals surface area contributed by atoms with Gasteiger partial charge in [0.25, 0.3) is 5.91 Å². The van der Waals surface area contributed by atoms with E-state index in [0.29, 0.717) is 17.2 Å². The summed E-state index contributed by atoms with van der Waals surface area (Å²) in [6, 6.07) is 17.4. The van der Waals surface area contributed by atoms with Gasteiger partial charge in [-0.1, -0.05) is 45.5 Å². The van der Waals surface area contributed by atoms with E-state index in [1.165, 1.54) is 16.9 Å². The van der Waals surface area contributed by atoms with Crippen molar-refractivity contribution in [3.8, 4) is 0 Å². The Morgan fingerprint density at radius 2 is 2.04 bits per heavy atom. The van der Waals surface area contributed by atoms with Gasteiger partial charge in [0.05, 0.1) is 16.8 Å². The zero-order valence-corrected chi connectivity index (χ0v) is 17.0. The van der Waals surface area contributed by atoms with Crippen LogP contribution in [0.1, 0.15) is 21.5 Å². The number of nitrogens with zero attached hydrogens (tertiary/aromatic N) is 3. The minimum Gasteiger partial charge on any atom is -0.279 e. The number of aryl methyl sites for hydroxylation is 1. The highest BCUT2D eigenvalue weighted by Crippen LogP contribution is 2.31. The van der Waals surface area contributed by atoms with Gasteiger partial charge < -0.3 is 0 Å². The average molecular weight is 438 g/mol. The van der Waals surface area contributed by atoms with E-state index in [1.807, 2.05) is 48.5 Å². The molecule has 6 heteroatoms. The first-order valence-electron chi connectivity index (χ1n) is 8.44. The van der Waals surface area contributed by atoms with Crippen LogP contribution in [0.5, 0.6) is 0 Å². The van der Waals surface area contributed by atoms with Crippen LogP contribution in [0.15, 0.2) is 71.5 Å². The lowest BCUT2D eigenvalue weighted by molar-refractivity contribution is 0.0985. The monoisotopic (exact) mass is 437 g/mol. The molecule has 0 saturated heterocycles. The lowest BCUT2D eigenvalue weighted by Crippen LogP contribution is -2.30. The largest absolute Gasteiger partial charge is 0.279 e. The maximum absolute atomic E-state index is 13.3. The minimum atomic E-state index is -0.0871. The number of amides is 1. The number of hydrogen-bond donors (Lipinski definition) is 0.